The molecule has 1 aromatic carbocycles. The zero-order chi connectivity index (χ0) is 12.3. The Morgan fingerprint density at radius 2 is 2.29 bits per heavy atom. The second kappa shape index (κ2) is 5.29. The molecule has 0 aliphatic rings. The minimum absolute atomic E-state index is 0.0260. The topological polar surface area (TPSA) is 48.1 Å². The van der Waals surface area contributed by atoms with E-state index < -0.39 is 0 Å². The fourth-order valence-electron chi connectivity index (χ4n) is 1.61. The van der Waals surface area contributed by atoms with Crippen molar-refractivity contribution in [2.75, 3.05) is 0 Å². The van der Waals surface area contributed by atoms with Crippen LogP contribution in [0.5, 0.6) is 5.75 Å². The van der Waals surface area contributed by atoms with E-state index in [-0.39, 0.29) is 6.04 Å². The first-order valence-corrected chi connectivity index (χ1v) is 6.42. The van der Waals surface area contributed by atoms with Crippen molar-refractivity contribution in [2.45, 2.75) is 26.5 Å². The monoisotopic (exact) mass is 248 g/mol. The Morgan fingerprint density at radius 3 is 2.94 bits per heavy atom. The molecule has 1 atom stereocenters. The van der Waals surface area contributed by atoms with Gasteiger partial charge >= 0.3 is 0 Å². The largest absolute Gasteiger partial charge is 0.486 e. The average Bonchev–Trinajstić information content (AvgIpc) is 2.78. The SMILES string of the molecule is Cc1ccc(C(C)N)c(OCc2nccs2)c1. The number of aryl methyl sites for hydroxylation is 1. The number of rotatable bonds is 4. The Kier molecular flexibility index (Phi) is 3.76. The maximum absolute atomic E-state index is 5.92. The van der Waals surface area contributed by atoms with Crippen LogP contribution in [0.15, 0.2) is 29.8 Å². The lowest BCUT2D eigenvalue weighted by atomic mass is 10.1. The molecule has 0 bridgehead atoms. The van der Waals surface area contributed by atoms with Crippen molar-refractivity contribution in [2.24, 2.45) is 5.73 Å². The van der Waals surface area contributed by atoms with E-state index in [0.29, 0.717) is 6.61 Å². The lowest BCUT2D eigenvalue weighted by molar-refractivity contribution is 0.300. The molecule has 0 saturated carbocycles. The minimum atomic E-state index is -0.0260. The molecule has 1 heterocycles. The molecule has 17 heavy (non-hydrogen) atoms. The van der Waals surface area contributed by atoms with Crippen molar-refractivity contribution < 1.29 is 4.74 Å². The van der Waals surface area contributed by atoms with E-state index in [1.165, 1.54) is 5.56 Å². The van der Waals surface area contributed by atoms with Gasteiger partial charge in [-0.2, -0.15) is 0 Å². The fourth-order valence-corrected chi connectivity index (χ4v) is 2.13. The highest BCUT2D eigenvalue weighted by Gasteiger charge is 2.09. The number of thiazole rings is 1. The van der Waals surface area contributed by atoms with Crippen LogP contribution >= 0.6 is 11.3 Å². The maximum atomic E-state index is 5.92. The first-order valence-electron chi connectivity index (χ1n) is 5.54. The van der Waals surface area contributed by atoms with Gasteiger partial charge in [-0.1, -0.05) is 12.1 Å². The molecule has 0 spiro atoms. The zero-order valence-corrected chi connectivity index (χ0v) is 10.8. The average molecular weight is 248 g/mol. The Bertz CT molecular complexity index is 480. The second-order valence-corrected chi connectivity index (χ2v) is 5.02. The molecule has 0 aliphatic carbocycles. The van der Waals surface area contributed by atoms with Crippen LogP contribution in [-0.2, 0) is 6.61 Å². The van der Waals surface area contributed by atoms with Gasteiger partial charge in [0.2, 0.25) is 0 Å². The molecule has 2 N–H and O–H groups in total. The van der Waals surface area contributed by atoms with E-state index in [0.717, 1.165) is 16.3 Å². The molecule has 0 aliphatic heterocycles. The molecule has 0 radical (unpaired) electrons. The fraction of sp³-hybridized carbons (Fsp3) is 0.308. The number of hydrogen-bond acceptors (Lipinski definition) is 4. The number of hydrogen-bond donors (Lipinski definition) is 1. The van der Waals surface area contributed by atoms with Gasteiger partial charge in [0.1, 0.15) is 17.4 Å². The first kappa shape index (κ1) is 12.1. The molecule has 0 fully saturated rings. The van der Waals surface area contributed by atoms with E-state index in [1.807, 2.05) is 31.4 Å². The summed E-state index contributed by atoms with van der Waals surface area (Å²) in [5.74, 6) is 0.857. The maximum Gasteiger partial charge on any atom is 0.140 e. The zero-order valence-electron chi connectivity index (χ0n) is 10.0. The van der Waals surface area contributed by atoms with Crippen molar-refractivity contribution in [3.8, 4) is 5.75 Å². The molecule has 1 aromatic heterocycles. The number of aromatic nitrogens is 1. The third kappa shape index (κ3) is 3.05. The normalized spacial score (nSPS) is 12.4. The van der Waals surface area contributed by atoms with Gasteiger partial charge in [0, 0.05) is 23.2 Å². The summed E-state index contributed by atoms with van der Waals surface area (Å²) >= 11 is 1.59. The smallest absolute Gasteiger partial charge is 0.140 e. The predicted molar refractivity (Wildman–Crippen MR) is 70.2 cm³/mol. The third-order valence-corrected chi connectivity index (χ3v) is 3.25. The quantitative estimate of drug-likeness (QED) is 0.904. The van der Waals surface area contributed by atoms with Crippen molar-refractivity contribution in [1.82, 2.24) is 4.98 Å². The highest BCUT2D eigenvalue weighted by molar-refractivity contribution is 7.09. The van der Waals surface area contributed by atoms with Gasteiger partial charge in [0.25, 0.3) is 0 Å². The van der Waals surface area contributed by atoms with Crippen LogP contribution in [0.25, 0.3) is 0 Å². The van der Waals surface area contributed by atoms with Gasteiger partial charge in [-0.25, -0.2) is 4.98 Å². The number of ether oxygens (including phenoxy) is 1. The van der Waals surface area contributed by atoms with E-state index >= 15 is 0 Å². The summed E-state index contributed by atoms with van der Waals surface area (Å²) in [6.45, 7) is 4.50. The Balaban J connectivity index is 2.16. The molecular weight excluding hydrogens is 232 g/mol. The summed E-state index contributed by atoms with van der Waals surface area (Å²) in [7, 11) is 0. The van der Waals surface area contributed by atoms with Crippen LogP contribution in [0, 0.1) is 6.92 Å². The number of benzene rings is 1. The van der Waals surface area contributed by atoms with Crippen LogP contribution in [0.1, 0.15) is 29.1 Å². The summed E-state index contributed by atoms with van der Waals surface area (Å²) in [6, 6.07) is 6.07. The summed E-state index contributed by atoms with van der Waals surface area (Å²) in [5, 5.41) is 2.92. The van der Waals surface area contributed by atoms with Crippen LogP contribution in [0.4, 0.5) is 0 Å². The van der Waals surface area contributed by atoms with Gasteiger partial charge in [-0.3, -0.25) is 0 Å². The van der Waals surface area contributed by atoms with Gasteiger partial charge in [-0.15, -0.1) is 11.3 Å². The summed E-state index contributed by atoms with van der Waals surface area (Å²) in [5.41, 5.74) is 8.12. The van der Waals surface area contributed by atoms with Crippen molar-refractivity contribution in [3.05, 3.63) is 45.9 Å². The minimum Gasteiger partial charge on any atom is -0.486 e. The molecule has 1 unspecified atom stereocenters. The van der Waals surface area contributed by atoms with E-state index in [4.69, 9.17) is 10.5 Å². The first-order chi connectivity index (χ1) is 8.16. The van der Waals surface area contributed by atoms with Gasteiger partial charge in [-0.05, 0) is 25.5 Å². The Morgan fingerprint density at radius 1 is 1.47 bits per heavy atom. The van der Waals surface area contributed by atoms with Crippen LogP contribution in [0.3, 0.4) is 0 Å². The molecule has 0 saturated heterocycles. The highest BCUT2D eigenvalue weighted by atomic mass is 32.1. The summed E-state index contributed by atoms with van der Waals surface area (Å²) in [4.78, 5) is 4.19. The van der Waals surface area contributed by atoms with Gasteiger partial charge in [0.15, 0.2) is 0 Å². The number of nitrogens with two attached hydrogens (primary N) is 1. The number of nitrogens with zero attached hydrogens (tertiary/aromatic N) is 1. The van der Waals surface area contributed by atoms with E-state index in [2.05, 4.69) is 11.1 Å². The Labute approximate surface area is 105 Å². The predicted octanol–water partition coefficient (Wildman–Crippen LogP) is 3.05. The molecular formula is C13H16N2OS. The lowest BCUT2D eigenvalue weighted by Gasteiger charge is -2.14. The molecule has 90 valence electrons. The summed E-state index contributed by atoms with van der Waals surface area (Å²) in [6.07, 6.45) is 1.78. The highest BCUT2D eigenvalue weighted by Crippen LogP contribution is 2.26. The molecule has 4 heteroatoms. The van der Waals surface area contributed by atoms with Crippen molar-refractivity contribution >= 4 is 11.3 Å². The third-order valence-electron chi connectivity index (χ3n) is 2.49. The summed E-state index contributed by atoms with van der Waals surface area (Å²) < 4.78 is 5.79. The second-order valence-electron chi connectivity index (χ2n) is 4.04. The molecule has 3 nitrogen and oxygen atoms in total. The van der Waals surface area contributed by atoms with Crippen LogP contribution < -0.4 is 10.5 Å². The lowest BCUT2D eigenvalue weighted by Crippen LogP contribution is -2.08. The van der Waals surface area contributed by atoms with Crippen LogP contribution in [0.2, 0.25) is 0 Å². The molecule has 2 aromatic rings. The standard InChI is InChI=1S/C13H16N2OS/c1-9-3-4-11(10(2)14)12(7-9)16-8-13-15-5-6-17-13/h3-7,10H,8,14H2,1-2H3. The van der Waals surface area contributed by atoms with Crippen molar-refractivity contribution in [1.29, 1.82) is 0 Å². The Hall–Kier alpha value is -1.39. The van der Waals surface area contributed by atoms with Crippen LogP contribution in [-0.4, -0.2) is 4.98 Å². The molecule has 0 amide bonds. The van der Waals surface area contributed by atoms with E-state index in [9.17, 15) is 0 Å². The molecule has 2 rings (SSSR count). The van der Waals surface area contributed by atoms with Gasteiger partial charge in [0.05, 0.1) is 0 Å². The van der Waals surface area contributed by atoms with E-state index in [1.54, 1.807) is 17.5 Å². The van der Waals surface area contributed by atoms with Crippen molar-refractivity contribution in [3.63, 3.8) is 0 Å². The van der Waals surface area contributed by atoms with Gasteiger partial charge < -0.3 is 10.5 Å².